The Labute approximate surface area is 584 Å². The van der Waals surface area contributed by atoms with Crippen molar-refractivity contribution in [3.63, 3.8) is 0 Å². The van der Waals surface area contributed by atoms with Gasteiger partial charge in [-0.1, -0.05) is 217 Å². The van der Waals surface area contributed by atoms with Crippen molar-refractivity contribution in [2.24, 2.45) is 0 Å². The van der Waals surface area contributed by atoms with Gasteiger partial charge in [-0.3, -0.25) is 0 Å². The van der Waals surface area contributed by atoms with Crippen LogP contribution in [0.25, 0.3) is 32.3 Å². The fourth-order valence-electron chi connectivity index (χ4n) is 13.1. The molecule has 100 heavy (non-hydrogen) atoms. The smallest absolute Gasteiger partial charge is 0.0462 e. The fraction of sp³-hybridized carbons (Fsp3) is 0. The number of anilines is 12. The molecule has 0 aromatic heterocycles. The van der Waals surface area contributed by atoms with Gasteiger partial charge >= 0.3 is 0 Å². The van der Waals surface area contributed by atoms with Crippen LogP contribution in [0.5, 0.6) is 0 Å². The molecule has 0 aliphatic carbocycles. The molecule has 0 unspecified atom stereocenters. The Hall–Kier alpha value is -14.0. The lowest BCUT2D eigenvalue weighted by Gasteiger charge is -2.25. The Balaban J connectivity index is 0.842. The monoisotopic (exact) mass is 1270 g/mol. The van der Waals surface area contributed by atoms with Crippen LogP contribution in [0.4, 0.5) is 68.2 Å². The summed E-state index contributed by atoms with van der Waals surface area (Å²) in [5, 5.41) is 6.20. The van der Waals surface area contributed by atoms with Gasteiger partial charge < -0.3 is 19.6 Å². The Kier molecular flexibility index (Phi) is 17.1. The first-order valence-electron chi connectivity index (χ1n) is 33.5. The van der Waals surface area contributed by atoms with Gasteiger partial charge in [0.15, 0.2) is 0 Å². The van der Waals surface area contributed by atoms with Gasteiger partial charge in [-0.2, -0.15) is 0 Å². The van der Waals surface area contributed by atoms with Gasteiger partial charge in [0.05, 0.1) is 0 Å². The van der Waals surface area contributed by atoms with Crippen molar-refractivity contribution < 1.29 is 0 Å². The fourth-order valence-corrected chi connectivity index (χ4v) is 13.1. The summed E-state index contributed by atoms with van der Waals surface area (Å²) in [6, 6.07) is 131. The molecule has 0 spiro atoms. The minimum absolute atomic E-state index is 0.867. The van der Waals surface area contributed by atoms with E-state index in [0.29, 0.717) is 0 Å². The third-order valence-electron chi connectivity index (χ3n) is 17.9. The molecule has 0 heterocycles. The van der Waals surface area contributed by atoms with Crippen LogP contribution in [0, 0.1) is 47.4 Å². The summed E-state index contributed by atoms with van der Waals surface area (Å²) in [6.45, 7) is 0. The average molecular weight is 1270 g/mol. The van der Waals surface area contributed by atoms with Crippen molar-refractivity contribution in [2.75, 3.05) is 19.6 Å². The lowest BCUT2D eigenvalue weighted by molar-refractivity contribution is 1.28. The second-order valence-electron chi connectivity index (χ2n) is 24.2. The van der Waals surface area contributed by atoms with E-state index in [2.05, 4.69) is 395 Å². The first-order valence-corrected chi connectivity index (χ1v) is 33.5. The number of hydrogen-bond acceptors (Lipinski definition) is 4. The van der Waals surface area contributed by atoms with Crippen molar-refractivity contribution in [2.45, 2.75) is 0 Å². The molecule has 0 fully saturated rings. The third-order valence-corrected chi connectivity index (χ3v) is 17.9. The Morgan fingerprint density at radius 2 is 0.290 bits per heavy atom. The van der Waals surface area contributed by atoms with Crippen LogP contribution in [-0.4, -0.2) is 0 Å². The van der Waals surface area contributed by atoms with E-state index in [1.54, 1.807) is 0 Å². The quantitative estimate of drug-likeness (QED) is 0.0893. The molecule has 466 valence electrons. The van der Waals surface area contributed by atoms with Crippen LogP contribution in [0.15, 0.2) is 376 Å². The summed E-state index contributed by atoms with van der Waals surface area (Å²) < 4.78 is 0. The molecule has 16 aromatic rings. The van der Waals surface area contributed by atoms with Crippen LogP contribution in [0.2, 0.25) is 0 Å². The maximum atomic E-state index is 3.71. The Morgan fingerprint density at radius 1 is 0.140 bits per heavy atom. The van der Waals surface area contributed by atoms with Crippen LogP contribution < -0.4 is 19.6 Å². The van der Waals surface area contributed by atoms with E-state index in [1.165, 1.54) is 0 Å². The number of benzene rings is 16. The molecule has 0 N–H and O–H groups in total. The summed E-state index contributed by atoms with van der Waals surface area (Å²) in [4.78, 5) is 9.06. The SMILES string of the molecule is C(#Cc1cc(C#Cc2ccc(N(c3ccccc3)c3ccccc3)cc2)c2ccc3c(C#Cc4ccc(N(c5ccccc5)c5ccccc5)cc4)cc(C#Cc4ccc(N(c5ccccc5)c5ccccc5)cc4)c4ccc1c2c43)c1ccc(N(c2ccccc2)c2ccccc2)cc1. The number of hydrogen-bond donors (Lipinski definition) is 0. The Bertz CT molecular complexity index is 4910. The van der Waals surface area contributed by atoms with Gasteiger partial charge in [0.25, 0.3) is 0 Å². The lowest BCUT2D eigenvalue weighted by atomic mass is 9.86. The summed E-state index contributed by atoms with van der Waals surface area (Å²) in [6.07, 6.45) is 0. The van der Waals surface area contributed by atoms with Crippen molar-refractivity contribution in [3.8, 4) is 47.4 Å². The van der Waals surface area contributed by atoms with Crippen LogP contribution >= 0.6 is 0 Å². The van der Waals surface area contributed by atoms with Crippen LogP contribution in [0.1, 0.15) is 44.5 Å². The maximum absolute atomic E-state index is 3.71. The zero-order valence-electron chi connectivity index (χ0n) is 54.6. The normalized spacial score (nSPS) is 10.7. The van der Waals surface area contributed by atoms with Crippen molar-refractivity contribution >= 4 is 101 Å². The standard InChI is InChI=1S/C96H62N4/c1-9-25-79(26-10-1)97(80-27-11-2-12-28-80)87-57-45-71(46-58-87)41-53-75-69-76(54-42-72-47-59-88(60-48-72)98(81-29-13-3-14-30-81)82-31-15-4-16-32-82)92-67-68-94-78(56-44-74-51-63-90(64-52-74)100(85-37-21-7-22-38-85)86-39-23-8-24-40-86)70-77(93-66-65-91(75)95(92)96(93)94)55-43-73-49-61-89(62-50-73)99(83-33-17-5-18-34-83)84-35-19-6-20-36-84/h1-40,45-52,57-70H. The first-order chi connectivity index (χ1) is 49.6. The molecule has 4 nitrogen and oxygen atoms in total. The Morgan fingerprint density at radius 3 is 0.450 bits per heavy atom. The number of nitrogens with zero attached hydrogens (tertiary/aromatic N) is 4. The first kappa shape index (κ1) is 60.9. The third kappa shape index (κ3) is 12.9. The van der Waals surface area contributed by atoms with Gasteiger partial charge in [0.1, 0.15) is 0 Å². The van der Waals surface area contributed by atoms with Gasteiger partial charge in [-0.15, -0.1) is 0 Å². The molecular formula is C96H62N4. The maximum Gasteiger partial charge on any atom is 0.0462 e. The topological polar surface area (TPSA) is 13.0 Å². The molecule has 16 rings (SSSR count). The molecular weight excluding hydrogens is 1210 g/mol. The predicted molar refractivity (Wildman–Crippen MR) is 419 cm³/mol. The van der Waals surface area contributed by atoms with E-state index < -0.39 is 0 Å². The second-order valence-corrected chi connectivity index (χ2v) is 24.2. The molecule has 0 saturated heterocycles. The zero-order valence-corrected chi connectivity index (χ0v) is 54.6. The highest BCUT2D eigenvalue weighted by Gasteiger charge is 2.20. The van der Waals surface area contributed by atoms with Crippen LogP contribution in [0.3, 0.4) is 0 Å². The lowest BCUT2D eigenvalue weighted by Crippen LogP contribution is -2.09. The number of rotatable bonds is 12. The van der Waals surface area contributed by atoms with E-state index in [4.69, 9.17) is 0 Å². The summed E-state index contributed by atoms with van der Waals surface area (Å²) in [5.74, 6) is 29.3. The van der Waals surface area contributed by atoms with Crippen molar-refractivity contribution in [3.05, 3.63) is 421 Å². The average Bonchev–Trinajstić information content (AvgIpc) is 0.719. The van der Waals surface area contributed by atoms with Crippen molar-refractivity contribution in [1.82, 2.24) is 0 Å². The predicted octanol–water partition coefficient (Wildman–Crippen LogP) is 24.1. The molecule has 0 radical (unpaired) electrons. The molecule has 16 aromatic carbocycles. The van der Waals surface area contributed by atoms with Gasteiger partial charge in [0.2, 0.25) is 0 Å². The van der Waals surface area contributed by atoms with E-state index in [1.807, 2.05) is 48.5 Å². The van der Waals surface area contributed by atoms with Gasteiger partial charge in [0, 0.05) is 113 Å². The van der Waals surface area contributed by atoms with E-state index >= 15 is 0 Å². The minimum atomic E-state index is 0.867. The van der Waals surface area contributed by atoms with Gasteiger partial charge in [-0.25, -0.2) is 0 Å². The highest BCUT2D eigenvalue weighted by atomic mass is 15.2. The molecule has 0 saturated carbocycles. The summed E-state index contributed by atoms with van der Waals surface area (Å²) in [5.41, 5.74) is 19.7. The van der Waals surface area contributed by atoms with E-state index in [9.17, 15) is 0 Å². The van der Waals surface area contributed by atoms with Gasteiger partial charge in [-0.05, 0) is 239 Å². The molecule has 0 aliphatic heterocycles. The van der Waals surface area contributed by atoms with Crippen LogP contribution in [-0.2, 0) is 0 Å². The molecule has 0 bridgehead atoms. The highest BCUT2D eigenvalue weighted by Crippen LogP contribution is 2.43. The highest BCUT2D eigenvalue weighted by molar-refractivity contribution is 6.27. The molecule has 0 aliphatic rings. The largest absolute Gasteiger partial charge is 0.311 e. The second kappa shape index (κ2) is 28.1. The van der Waals surface area contributed by atoms with E-state index in [-0.39, 0.29) is 0 Å². The molecule has 0 atom stereocenters. The van der Waals surface area contributed by atoms with Crippen molar-refractivity contribution in [1.29, 1.82) is 0 Å². The molecule has 4 heteroatoms. The van der Waals surface area contributed by atoms with E-state index in [0.717, 1.165) is 145 Å². The number of para-hydroxylation sites is 8. The molecule has 0 amide bonds. The zero-order chi connectivity index (χ0) is 66.8. The summed E-state index contributed by atoms with van der Waals surface area (Å²) >= 11 is 0. The summed E-state index contributed by atoms with van der Waals surface area (Å²) in [7, 11) is 0. The minimum Gasteiger partial charge on any atom is -0.311 e.